The lowest BCUT2D eigenvalue weighted by atomic mass is 10.2. The summed E-state index contributed by atoms with van der Waals surface area (Å²) in [7, 11) is 0. The topological polar surface area (TPSA) is 42.7 Å². The average Bonchev–Trinajstić information content (AvgIpc) is 2.85. The van der Waals surface area contributed by atoms with Gasteiger partial charge in [0.25, 0.3) is 0 Å². The molecule has 0 aliphatic heterocycles. The van der Waals surface area contributed by atoms with Gasteiger partial charge in [0.2, 0.25) is 0 Å². The molecule has 0 saturated heterocycles. The monoisotopic (exact) mass is 208 g/mol. The fourth-order valence-electron chi connectivity index (χ4n) is 2.05. The van der Waals surface area contributed by atoms with Crippen molar-refractivity contribution in [2.45, 2.75) is 58.2 Å². The first-order valence-corrected chi connectivity index (χ1v) is 5.90. The molecule has 4 nitrogen and oxygen atoms in total. The molecule has 1 N–H and O–H groups in total. The summed E-state index contributed by atoms with van der Waals surface area (Å²) in [6, 6.07) is 1.10. The number of nitrogens with one attached hydrogen (secondary N) is 1. The third-order valence-corrected chi connectivity index (χ3v) is 2.95. The van der Waals surface area contributed by atoms with E-state index in [4.69, 9.17) is 0 Å². The van der Waals surface area contributed by atoms with Gasteiger partial charge in [0.1, 0.15) is 0 Å². The van der Waals surface area contributed by atoms with E-state index in [0.717, 1.165) is 12.2 Å². The standard InChI is InChI=1S/C11H20N4/c1-9(2)12-7-10-8-15(14-13-10)11-5-3-4-6-11/h8-9,11-12H,3-7H2,1-2H3. The van der Waals surface area contributed by atoms with Crippen LogP contribution in [0.15, 0.2) is 6.20 Å². The first-order chi connectivity index (χ1) is 7.25. The Morgan fingerprint density at radius 3 is 2.87 bits per heavy atom. The zero-order valence-corrected chi connectivity index (χ0v) is 9.61. The van der Waals surface area contributed by atoms with Gasteiger partial charge in [-0.1, -0.05) is 31.9 Å². The third kappa shape index (κ3) is 2.78. The second-order valence-electron chi connectivity index (χ2n) is 4.66. The van der Waals surface area contributed by atoms with Crippen molar-refractivity contribution < 1.29 is 0 Å². The van der Waals surface area contributed by atoms with E-state index in [2.05, 4.69) is 35.7 Å². The van der Waals surface area contributed by atoms with E-state index in [1.165, 1.54) is 25.7 Å². The average molecular weight is 208 g/mol. The van der Waals surface area contributed by atoms with Gasteiger partial charge < -0.3 is 5.32 Å². The van der Waals surface area contributed by atoms with Crippen molar-refractivity contribution in [3.63, 3.8) is 0 Å². The summed E-state index contributed by atoms with van der Waals surface area (Å²) in [6.07, 6.45) is 7.29. The molecule has 1 aliphatic carbocycles. The third-order valence-electron chi connectivity index (χ3n) is 2.95. The SMILES string of the molecule is CC(C)NCc1cn(C2CCCC2)nn1. The molecule has 0 spiro atoms. The Labute approximate surface area is 91.1 Å². The zero-order chi connectivity index (χ0) is 10.7. The van der Waals surface area contributed by atoms with Crippen LogP contribution in [0.2, 0.25) is 0 Å². The fourth-order valence-corrected chi connectivity index (χ4v) is 2.05. The largest absolute Gasteiger partial charge is 0.309 e. The van der Waals surface area contributed by atoms with Crippen LogP contribution in [0.3, 0.4) is 0 Å². The molecule has 0 atom stereocenters. The predicted octanol–water partition coefficient (Wildman–Crippen LogP) is 1.89. The molecule has 1 fully saturated rings. The van der Waals surface area contributed by atoms with Gasteiger partial charge in [-0.3, -0.25) is 0 Å². The summed E-state index contributed by atoms with van der Waals surface area (Å²) in [5, 5.41) is 11.7. The van der Waals surface area contributed by atoms with Crippen LogP contribution in [-0.4, -0.2) is 21.0 Å². The van der Waals surface area contributed by atoms with Crippen molar-refractivity contribution in [3.8, 4) is 0 Å². The molecule has 84 valence electrons. The molecule has 1 aromatic heterocycles. The van der Waals surface area contributed by atoms with Crippen LogP contribution in [-0.2, 0) is 6.54 Å². The van der Waals surface area contributed by atoms with Gasteiger partial charge in [0.15, 0.2) is 0 Å². The first-order valence-electron chi connectivity index (χ1n) is 5.90. The molecule has 0 radical (unpaired) electrons. The number of aromatic nitrogens is 3. The van der Waals surface area contributed by atoms with E-state index in [1.807, 2.05) is 4.68 Å². The van der Waals surface area contributed by atoms with Crippen LogP contribution in [0, 0.1) is 0 Å². The van der Waals surface area contributed by atoms with E-state index in [1.54, 1.807) is 0 Å². The van der Waals surface area contributed by atoms with E-state index < -0.39 is 0 Å². The van der Waals surface area contributed by atoms with Crippen LogP contribution in [0.25, 0.3) is 0 Å². The molecule has 1 saturated carbocycles. The first kappa shape index (κ1) is 10.6. The van der Waals surface area contributed by atoms with Gasteiger partial charge in [-0.2, -0.15) is 0 Å². The highest BCUT2D eigenvalue weighted by atomic mass is 15.4. The van der Waals surface area contributed by atoms with Crippen LogP contribution >= 0.6 is 0 Å². The molecule has 4 heteroatoms. The molecule has 0 aromatic carbocycles. The van der Waals surface area contributed by atoms with E-state index >= 15 is 0 Å². The van der Waals surface area contributed by atoms with Crippen LogP contribution in [0.4, 0.5) is 0 Å². The molecule has 0 bridgehead atoms. The van der Waals surface area contributed by atoms with Gasteiger partial charge in [-0.25, -0.2) is 4.68 Å². The Morgan fingerprint density at radius 1 is 1.47 bits per heavy atom. The predicted molar refractivity (Wildman–Crippen MR) is 59.5 cm³/mol. The Balaban J connectivity index is 1.91. The van der Waals surface area contributed by atoms with Gasteiger partial charge in [0.05, 0.1) is 17.9 Å². The Kier molecular flexibility index (Phi) is 3.36. The van der Waals surface area contributed by atoms with Crippen molar-refractivity contribution in [3.05, 3.63) is 11.9 Å². The molecule has 0 unspecified atom stereocenters. The van der Waals surface area contributed by atoms with Gasteiger partial charge >= 0.3 is 0 Å². The second-order valence-corrected chi connectivity index (χ2v) is 4.66. The molecule has 2 rings (SSSR count). The number of rotatable bonds is 4. The molecule has 1 aliphatic rings. The highest BCUT2D eigenvalue weighted by Gasteiger charge is 2.17. The minimum absolute atomic E-state index is 0.502. The lowest BCUT2D eigenvalue weighted by Crippen LogP contribution is -2.21. The second kappa shape index (κ2) is 4.75. The van der Waals surface area contributed by atoms with Crippen molar-refractivity contribution in [2.24, 2.45) is 0 Å². The van der Waals surface area contributed by atoms with E-state index in [-0.39, 0.29) is 0 Å². The normalized spacial score (nSPS) is 17.8. The Hall–Kier alpha value is -0.900. The van der Waals surface area contributed by atoms with E-state index in [0.29, 0.717) is 12.1 Å². The van der Waals surface area contributed by atoms with Crippen molar-refractivity contribution in [2.75, 3.05) is 0 Å². The summed E-state index contributed by atoms with van der Waals surface area (Å²) >= 11 is 0. The maximum atomic E-state index is 4.20. The molecule has 1 aromatic rings. The smallest absolute Gasteiger partial charge is 0.0965 e. The number of hydrogen-bond donors (Lipinski definition) is 1. The molecule has 1 heterocycles. The summed E-state index contributed by atoms with van der Waals surface area (Å²) in [5.41, 5.74) is 1.05. The Morgan fingerprint density at radius 2 is 2.20 bits per heavy atom. The minimum Gasteiger partial charge on any atom is -0.309 e. The van der Waals surface area contributed by atoms with Crippen molar-refractivity contribution in [1.82, 2.24) is 20.3 Å². The summed E-state index contributed by atoms with van der Waals surface area (Å²) < 4.78 is 2.05. The summed E-state index contributed by atoms with van der Waals surface area (Å²) in [4.78, 5) is 0. The maximum absolute atomic E-state index is 4.20. The highest BCUT2D eigenvalue weighted by molar-refractivity contribution is 4.93. The number of hydrogen-bond acceptors (Lipinski definition) is 3. The summed E-state index contributed by atoms with van der Waals surface area (Å²) in [6.45, 7) is 5.10. The highest BCUT2D eigenvalue weighted by Crippen LogP contribution is 2.28. The lowest BCUT2D eigenvalue weighted by molar-refractivity contribution is 0.454. The van der Waals surface area contributed by atoms with Crippen LogP contribution < -0.4 is 5.32 Å². The van der Waals surface area contributed by atoms with E-state index in [9.17, 15) is 0 Å². The summed E-state index contributed by atoms with van der Waals surface area (Å²) in [5.74, 6) is 0. The van der Waals surface area contributed by atoms with Gasteiger partial charge in [-0.05, 0) is 12.8 Å². The molecule has 15 heavy (non-hydrogen) atoms. The molecular weight excluding hydrogens is 188 g/mol. The minimum atomic E-state index is 0.502. The van der Waals surface area contributed by atoms with Gasteiger partial charge in [-0.15, -0.1) is 5.10 Å². The van der Waals surface area contributed by atoms with Crippen molar-refractivity contribution in [1.29, 1.82) is 0 Å². The Bertz CT molecular complexity index is 299. The van der Waals surface area contributed by atoms with Crippen LogP contribution in [0.5, 0.6) is 0 Å². The van der Waals surface area contributed by atoms with Crippen molar-refractivity contribution >= 4 is 0 Å². The quantitative estimate of drug-likeness (QED) is 0.821. The zero-order valence-electron chi connectivity index (χ0n) is 9.61. The van der Waals surface area contributed by atoms with Crippen LogP contribution in [0.1, 0.15) is 51.3 Å². The fraction of sp³-hybridized carbons (Fsp3) is 0.818. The molecule has 0 amide bonds. The lowest BCUT2D eigenvalue weighted by Gasteiger charge is -2.07. The molecular formula is C11H20N4. The maximum Gasteiger partial charge on any atom is 0.0965 e. The van der Waals surface area contributed by atoms with Gasteiger partial charge in [0, 0.05) is 12.6 Å². The number of nitrogens with zero attached hydrogens (tertiary/aromatic N) is 3.